The first-order chi connectivity index (χ1) is 10.1. The molecule has 2 rings (SSSR count). The van der Waals surface area contributed by atoms with Gasteiger partial charge in [-0.1, -0.05) is 36.4 Å². The highest BCUT2D eigenvalue weighted by molar-refractivity contribution is 5.76. The number of nitrogens with one attached hydrogen (secondary N) is 1. The number of carboxylic acids is 1. The minimum atomic E-state index is -0.823. The van der Waals surface area contributed by atoms with E-state index in [1.54, 1.807) is 0 Å². The van der Waals surface area contributed by atoms with Gasteiger partial charge >= 0.3 is 5.97 Å². The number of aliphatic carboxylic acids is 1. The molecule has 0 aliphatic carbocycles. The van der Waals surface area contributed by atoms with Gasteiger partial charge in [-0.2, -0.15) is 0 Å². The lowest BCUT2D eigenvalue weighted by Crippen LogP contribution is -2.04. The van der Waals surface area contributed by atoms with Crippen molar-refractivity contribution >= 4 is 17.3 Å². The molecule has 0 amide bonds. The molecule has 2 aromatic rings. The zero-order valence-electron chi connectivity index (χ0n) is 12.6. The predicted molar refractivity (Wildman–Crippen MR) is 85.1 cm³/mol. The Morgan fingerprint density at radius 2 is 1.57 bits per heavy atom. The van der Waals surface area contributed by atoms with E-state index in [0.717, 1.165) is 35.2 Å². The summed E-state index contributed by atoms with van der Waals surface area (Å²) in [5, 5.41) is 19.3. The molecule has 3 N–H and O–H groups in total. The largest absolute Gasteiger partial charge is 0.481 e. The van der Waals surface area contributed by atoms with E-state index in [0.29, 0.717) is 0 Å². The van der Waals surface area contributed by atoms with Crippen LogP contribution in [0.4, 0.5) is 11.4 Å². The van der Waals surface area contributed by atoms with Gasteiger partial charge in [-0.15, -0.1) is 0 Å². The maximum atomic E-state index is 10.9. The summed E-state index contributed by atoms with van der Waals surface area (Å²) in [5.74, 6) is -0.823. The second kappa shape index (κ2) is 8.07. The van der Waals surface area contributed by atoms with Crippen molar-refractivity contribution in [3.8, 4) is 0 Å². The van der Waals surface area contributed by atoms with Gasteiger partial charge in [0, 0.05) is 18.5 Å². The van der Waals surface area contributed by atoms with Crippen LogP contribution in [-0.4, -0.2) is 23.3 Å². The third kappa shape index (κ3) is 4.61. The number of aliphatic hydroxyl groups excluding tert-OH is 1. The van der Waals surface area contributed by atoms with Crippen molar-refractivity contribution in [2.45, 2.75) is 20.3 Å². The van der Waals surface area contributed by atoms with Gasteiger partial charge in [0.25, 0.3) is 0 Å². The molecule has 4 heteroatoms. The molecule has 0 bridgehead atoms. The lowest BCUT2D eigenvalue weighted by Gasteiger charge is -2.15. The molecule has 2 aromatic carbocycles. The molecule has 0 aromatic heterocycles. The maximum Gasteiger partial charge on any atom is 0.307 e. The molecule has 112 valence electrons. The third-order valence-electron chi connectivity index (χ3n) is 3.10. The molecule has 0 aliphatic rings. The summed E-state index contributed by atoms with van der Waals surface area (Å²) in [6, 6.07) is 13.6. The zero-order chi connectivity index (χ0) is 15.8. The number of carboxylic acid groups (broad SMARTS) is 1. The van der Waals surface area contributed by atoms with Crippen molar-refractivity contribution in [3.63, 3.8) is 0 Å². The number of carbonyl (C=O) groups is 1. The molecule has 0 spiro atoms. The monoisotopic (exact) mass is 287 g/mol. The molecule has 0 unspecified atom stereocenters. The Labute approximate surface area is 125 Å². The molecule has 0 aliphatic heterocycles. The summed E-state index contributed by atoms with van der Waals surface area (Å²) in [5.41, 5.74) is 4.97. The SMILES string of the molecule is CO.Cc1cccc(C)c1Nc1ccccc1CC(=O)O. The minimum absolute atomic E-state index is 0.0219. The van der Waals surface area contributed by atoms with Crippen LogP contribution in [0.3, 0.4) is 0 Å². The van der Waals surface area contributed by atoms with Crippen LogP contribution in [0.1, 0.15) is 16.7 Å². The average Bonchev–Trinajstić information content (AvgIpc) is 2.46. The van der Waals surface area contributed by atoms with E-state index in [2.05, 4.69) is 5.32 Å². The van der Waals surface area contributed by atoms with Crippen LogP contribution in [0, 0.1) is 13.8 Å². The van der Waals surface area contributed by atoms with Gasteiger partial charge in [-0.25, -0.2) is 0 Å². The summed E-state index contributed by atoms with van der Waals surface area (Å²) in [7, 11) is 1.00. The van der Waals surface area contributed by atoms with Crippen molar-refractivity contribution in [1.82, 2.24) is 0 Å². The Bertz CT molecular complexity index is 588. The van der Waals surface area contributed by atoms with Crippen LogP contribution in [0.25, 0.3) is 0 Å². The van der Waals surface area contributed by atoms with Gasteiger partial charge in [0.2, 0.25) is 0 Å². The Hall–Kier alpha value is -2.33. The van der Waals surface area contributed by atoms with Crippen LogP contribution in [-0.2, 0) is 11.2 Å². The number of aliphatic hydroxyl groups is 1. The molecule has 21 heavy (non-hydrogen) atoms. The maximum absolute atomic E-state index is 10.9. The first kappa shape index (κ1) is 16.7. The van der Waals surface area contributed by atoms with Gasteiger partial charge in [0.05, 0.1) is 6.42 Å². The second-order valence-electron chi connectivity index (χ2n) is 4.62. The van der Waals surface area contributed by atoms with E-state index in [4.69, 9.17) is 10.2 Å². The number of hydrogen-bond donors (Lipinski definition) is 3. The van der Waals surface area contributed by atoms with Crippen LogP contribution >= 0.6 is 0 Å². The Morgan fingerprint density at radius 3 is 2.14 bits per heavy atom. The Balaban J connectivity index is 0.00000106. The number of benzene rings is 2. The van der Waals surface area contributed by atoms with E-state index in [-0.39, 0.29) is 6.42 Å². The summed E-state index contributed by atoms with van der Waals surface area (Å²) in [4.78, 5) is 10.9. The predicted octanol–water partition coefficient (Wildman–Crippen LogP) is 3.28. The van der Waals surface area contributed by atoms with Crippen LogP contribution < -0.4 is 5.32 Å². The summed E-state index contributed by atoms with van der Waals surface area (Å²) < 4.78 is 0. The Morgan fingerprint density at radius 1 is 1.00 bits per heavy atom. The highest BCUT2D eigenvalue weighted by Crippen LogP contribution is 2.26. The highest BCUT2D eigenvalue weighted by Gasteiger charge is 2.08. The third-order valence-corrected chi connectivity index (χ3v) is 3.10. The van der Waals surface area contributed by atoms with Crippen molar-refractivity contribution in [3.05, 3.63) is 59.2 Å². The van der Waals surface area contributed by atoms with Gasteiger partial charge in [-0.05, 0) is 36.6 Å². The quantitative estimate of drug-likeness (QED) is 0.807. The summed E-state index contributed by atoms with van der Waals surface area (Å²) in [6.45, 7) is 4.07. The molecule has 0 saturated heterocycles. The number of rotatable bonds is 4. The van der Waals surface area contributed by atoms with Crippen LogP contribution in [0.5, 0.6) is 0 Å². The molecule has 0 radical (unpaired) electrons. The zero-order valence-corrected chi connectivity index (χ0v) is 12.6. The highest BCUT2D eigenvalue weighted by atomic mass is 16.4. The fourth-order valence-electron chi connectivity index (χ4n) is 2.11. The molecular weight excluding hydrogens is 266 g/mol. The van der Waals surface area contributed by atoms with Gasteiger partial charge < -0.3 is 15.5 Å². The average molecular weight is 287 g/mol. The second-order valence-corrected chi connectivity index (χ2v) is 4.62. The smallest absolute Gasteiger partial charge is 0.307 e. The van der Waals surface area contributed by atoms with Crippen LogP contribution in [0.2, 0.25) is 0 Å². The van der Waals surface area contributed by atoms with E-state index in [1.165, 1.54) is 0 Å². The molecular formula is C17H21NO3. The number of anilines is 2. The standard InChI is InChI=1S/C16H17NO2.CH4O/c1-11-6-5-7-12(2)16(11)17-14-9-4-3-8-13(14)10-15(18)19;1-2/h3-9,17H,10H2,1-2H3,(H,18,19);2H,1H3. The molecule has 0 saturated carbocycles. The van der Waals surface area contributed by atoms with Gasteiger partial charge in [-0.3, -0.25) is 4.79 Å². The first-order valence-electron chi connectivity index (χ1n) is 6.65. The van der Waals surface area contributed by atoms with E-state index in [1.807, 2.05) is 56.3 Å². The summed E-state index contributed by atoms with van der Waals surface area (Å²) in [6.07, 6.45) is 0.0219. The summed E-state index contributed by atoms with van der Waals surface area (Å²) >= 11 is 0. The molecule has 0 atom stereocenters. The van der Waals surface area contributed by atoms with E-state index < -0.39 is 5.97 Å². The molecule has 0 heterocycles. The van der Waals surface area contributed by atoms with E-state index >= 15 is 0 Å². The van der Waals surface area contributed by atoms with Crippen molar-refractivity contribution in [1.29, 1.82) is 0 Å². The lowest BCUT2D eigenvalue weighted by molar-refractivity contribution is -0.136. The van der Waals surface area contributed by atoms with Crippen molar-refractivity contribution < 1.29 is 15.0 Å². The lowest BCUT2D eigenvalue weighted by atomic mass is 10.1. The van der Waals surface area contributed by atoms with Crippen molar-refractivity contribution in [2.24, 2.45) is 0 Å². The number of hydrogen-bond acceptors (Lipinski definition) is 3. The fraction of sp³-hybridized carbons (Fsp3) is 0.235. The first-order valence-corrected chi connectivity index (χ1v) is 6.65. The minimum Gasteiger partial charge on any atom is -0.481 e. The van der Waals surface area contributed by atoms with Crippen LogP contribution in [0.15, 0.2) is 42.5 Å². The normalized spacial score (nSPS) is 9.52. The fourth-order valence-corrected chi connectivity index (χ4v) is 2.11. The molecule has 0 fully saturated rings. The van der Waals surface area contributed by atoms with Gasteiger partial charge in [0.1, 0.15) is 0 Å². The van der Waals surface area contributed by atoms with Gasteiger partial charge in [0.15, 0.2) is 0 Å². The topological polar surface area (TPSA) is 69.6 Å². The Kier molecular flexibility index (Phi) is 6.43. The van der Waals surface area contributed by atoms with E-state index in [9.17, 15) is 4.79 Å². The molecule has 4 nitrogen and oxygen atoms in total. The number of aryl methyl sites for hydroxylation is 2. The number of para-hydroxylation sites is 2. The van der Waals surface area contributed by atoms with Crippen molar-refractivity contribution in [2.75, 3.05) is 12.4 Å².